The van der Waals surface area contributed by atoms with Gasteiger partial charge in [0.1, 0.15) is 0 Å². The van der Waals surface area contributed by atoms with Crippen LogP contribution in [0.5, 0.6) is 0 Å². The minimum Gasteiger partial charge on any atom is -0.402 e. The van der Waals surface area contributed by atoms with Gasteiger partial charge in [-0.15, -0.1) is 0 Å². The van der Waals surface area contributed by atoms with E-state index >= 15 is 0 Å². The van der Waals surface area contributed by atoms with Crippen LogP contribution in [0.15, 0.2) is 30.0 Å². The number of benzene rings is 1. The molecule has 2 heteroatoms. The highest BCUT2D eigenvalue weighted by molar-refractivity contribution is 5.77. The summed E-state index contributed by atoms with van der Waals surface area (Å²) in [6.07, 6.45) is 0.931. The van der Waals surface area contributed by atoms with E-state index in [0.29, 0.717) is 0 Å². The highest BCUT2D eigenvalue weighted by Gasteiger charge is 2.10. The first-order valence-corrected chi connectivity index (χ1v) is 4.57. The quantitative estimate of drug-likeness (QED) is 0.632. The van der Waals surface area contributed by atoms with E-state index in [4.69, 9.17) is 5.73 Å². The molecule has 3 N–H and O–H groups in total. The molecule has 0 saturated heterocycles. The van der Waals surface area contributed by atoms with Gasteiger partial charge in [-0.25, -0.2) is 0 Å². The second-order valence-electron chi connectivity index (χ2n) is 3.37. The summed E-state index contributed by atoms with van der Waals surface area (Å²) in [5.74, 6) is 0. The largest absolute Gasteiger partial charge is 0.402 e. The van der Waals surface area contributed by atoms with Gasteiger partial charge in [0.15, 0.2) is 0 Å². The van der Waals surface area contributed by atoms with Crippen molar-refractivity contribution in [2.45, 2.75) is 13.3 Å². The molecule has 0 fully saturated rings. The molecule has 13 heavy (non-hydrogen) atoms. The van der Waals surface area contributed by atoms with Gasteiger partial charge in [0.25, 0.3) is 0 Å². The first-order valence-electron chi connectivity index (χ1n) is 4.57. The molecule has 1 aliphatic rings. The van der Waals surface area contributed by atoms with Crippen molar-refractivity contribution >= 4 is 11.3 Å². The highest BCUT2D eigenvalue weighted by Crippen LogP contribution is 2.27. The Morgan fingerprint density at radius 1 is 1.31 bits per heavy atom. The minimum atomic E-state index is 0.931. The van der Waals surface area contributed by atoms with Gasteiger partial charge in [0.05, 0.1) is 0 Å². The number of rotatable bonds is 0. The number of hydrogen-bond donors (Lipinski definition) is 2. The molecule has 68 valence electrons. The van der Waals surface area contributed by atoms with Crippen LogP contribution in [0.3, 0.4) is 0 Å². The normalized spacial score (nSPS) is 16.1. The summed E-state index contributed by atoms with van der Waals surface area (Å²) in [6, 6.07) is 8.29. The van der Waals surface area contributed by atoms with Crippen molar-refractivity contribution in [3.05, 3.63) is 35.5 Å². The average Bonchev–Trinajstić information content (AvgIpc) is 2.29. The fourth-order valence-electron chi connectivity index (χ4n) is 1.66. The van der Waals surface area contributed by atoms with E-state index in [2.05, 4.69) is 24.4 Å². The van der Waals surface area contributed by atoms with E-state index in [1.807, 2.05) is 12.1 Å². The molecule has 1 aromatic rings. The van der Waals surface area contributed by atoms with Crippen molar-refractivity contribution in [2.75, 3.05) is 11.9 Å². The van der Waals surface area contributed by atoms with E-state index < -0.39 is 0 Å². The zero-order chi connectivity index (χ0) is 9.26. The predicted molar refractivity (Wildman–Crippen MR) is 56.3 cm³/mol. The molecular formula is C11H14N2. The molecule has 0 atom stereocenters. The minimum absolute atomic E-state index is 0.931. The zero-order valence-electron chi connectivity index (χ0n) is 7.80. The van der Waals surface area contributed by atoms with Gasteiger partial charge in [0, 0.05) is 29.9 Å². The van der Waals surface area contributed by atoms with Crippen LogP contribution >= 0.6 is 0 Å². The summed E-state index contributed by atoms with van der Waals surface area (Å²) in [5.41, 5.74) is 10.6. The van der Waals surface area contributed by atoms with Crippen molar-refractivity contribution in [3.8, 4) is 0 Å². The molecule has 2 rings (SSSR count). The Hall–Kier alpha value is -1.44. The highest BCUT2D eigenvalue weighted by atomic mass is 14.9. The fourth-order valence-corrected chi connectivity index (χ4v) is 1.66. The standard InChI is InChI=1S/C11H14N2/c1-8-9-4-2-3-5-11(9)13-7-6-10(8)12/h2-5,13H,6-7,12H2,1H3. The second-order valence-corrected chi connectivity index (χ2v) is 3.37. The third kappa shape index (κ3) is 1.39. The van der Waals surface area contributed by atoms with E-state index in [9.17, 15) is 0 Å². The molecule has 0 radical (unpaired) electrons. The maximum atomic E-state index is 5.93. The summed E-state index contributed by atoms with van der Waals surface area (Å²) in [7, 11) is 0. The van der Waals surface area contributed by atoms with Crippen LogP contribution in [0, 0.1) is 0 Å². The van der Waals surface area contributed by atoms with Crippen molar-refractivity contribution in [2.24, 2.45) is 5.73 Å². The number of nitrogens with two attached hydrogens (primary N) is 1. The molecule has 0 aliphatic carbocycles. The van der Waals surface area contributed by atoms with Gasteiger partial charge >= 0.3 is 0 Å². The molecule has 0 spiro atoms. The maximum absolute atomic E-state index is 5.93. The van der Waals surface area contributed by atoms with E-state index in [-0.39, 0.29) is 0 Å². The van der Waals surface area contributed by atoms with Crippen LogP contribution in [0.4, 0.5) is 5.69 Å². The zero-order valence-corrected chi connectivity index (χ0v) is 7.80. The average molecular weight is 174 g/mol. The van der Waals surface area contributed by atoms with Crippen LogP contribution in [0.2, 0.25) is 0 Å². The lowest BCUT2D eigenvalue weighted by Gasteiger charge is -2.07. The van der Waals surface area contributed by atoms with Crippen molar-refractivity contribution in [1.29, 1.82) is 0 Å². The van der Waals surface area contributed by atoms with E-state index in [0.717, 1.165) is 18.7 Å². The molecule has 0 aromatic heterocycles. The maximum Gasteiger partial charge on any atom is 0.0417 e. The topological polar surface area (TPSA) is 38.0 Å². The smallest absolute Gasteiger partial charge is 0.0417 e. The Morgan fingerprint density at radius 3 is 2.92 bits per heavy atom. The molecule has 2 nitrogen and oxygen atoms in total. The van der Waals surface area contributed by atoms with Crippen molar-refractivity contribution in [3.63, 3.8) is 0 Å². The van der Waals surface area contributed by atoms with Gasteiger partial charge in [-0.1, -0.05) is 18.2 Å². The van der Waals surface area contributed by atoms with Gasteiger partial charge in [-0.2, -0.15) is 0 Å². The van der Waals surface area contributed by atoms with Crippen molar-refractivity contribution in [1.82, 2.24) is 0 Å². The SMILES string of the molecule is CC1=C(N)CCNc2ccccc21. The number of para-hydroxylation sites is 1. The van der Waals surface area contributed by atoms with Crippen LogP contribution in [-0.2, 0) is 0 Å². The summed E-state index contributed by atoms with van der Waals surface area (Å²) in [6.45, 7) is 3.02. The lowest BCUT2D eigenvalue weighted by atomic mass is 10.0. The first-order chi connectivity index (χ1) is 6.29. The lowest BCUT2D eigenvalue weighted by Crippen LogP contribution is -2.04. The predicted octanol–water partition coefficient (Wildman–Crippen LogP) is 2.19. The first kappa shape index (κ1) is 8.17. The second kappa shape index (κ2) is 3.13. The van der Waals surface area contributed by atoms with Crippen LogP contribution in [0.25, 0.3) is 5.57 Å². The number of fused-ring (bicyclic) bond motifs is 1. The van der Waals surface area contributed by atoms with Gasteiger partial charge < -0.3 is 11.1 Å². The molecule has 0 unspecified atom stereocenters. The Bertz CT molecular complexity index is 353. The monoisotopic (exact) mass is 174 g/mol. The summed E-state index contributed by atoms with van der Waals surface area (Å²) >= 11 is 0. The third-order valence-electron chi connectivity index (χ3n) is 2.52. The summed E-state index contributed by atoms with van der Waals surface area (Å²) < 4.78 is 0. The van der Waals surface area contributed by atoms with Gasteiger partial charge in [-0.3, -0.25) is 0 Å². The molecule has 0 bridgehead atoms. The van der Waals surface area contributed by atoms with Crippen molar-refractivity contribution < 1.29 is 0 Å². The number of anilines is 1. The molecule has 0 saturated carbocycles. The number of hydrogen-bond acceptors (Lipinski definition) is 2. The Kier molecular flexibility index (Phi) is 1.97. The molecular weight excluding hydrogens is 160 g/mol. The van der Waals surface area contributed by atoms with E-state index in [1.165, 1.54) is 16.8 Å². The number of nitrogens with one attached hydrogen (secondary N) is 1. The van der Waals surface area contributed by atoms with Gasteiger partial charge in [-0.05, 0) is 18.6 Å². The fraction of sp³-hybridized carbons (Fsp3) is 0.273. The van der Waals surface area contributed by atoms with E-state index in [1.54, 1.807) is 0 Å². The third-order valence-corrected chi connectivity index (χ3v) is 2.52. The van der Waals surface area contributed by atoms with Crippen LogP contribution < -0.4 is 11.1 Å². The van der Waals surface area contributed by atoms with Gasteiger partial charge in [0.2, 0.25) is 0 Å². The molecule has 1 heterocycles. The Labute approximate surface area is 78.5 Å². The molecule has 0 amide bonds. The lowest BCUT2D eigenvalue weighted by molar-refractivity contribution is 0.992. The Balaban J connectivity index is 2.56. The summed E-state index contributed by atoms with van der Waals surface area (Å²) in [5, 5.41) is 3.36. The molecule has 1 aliphatic heterocycles. The van der Waals surface area contributed by atoms with Crippen LogP contribution in [-0.4, -0.2) is 6.54 Å². The Morgan fingerprint density at radius 2 is 2.08 bits per heavy atom. The summed E-state index contributed by atoms with van der Waals surface area (Å²) in [4.78, 5) is 0. The molecule has 1 aromatic carbocycles. The van der Waals surface area contributed by atoms with Crippen LogP contribution in [0.1, 0.15) is 18.9 Å². The number of allylic oxidation sites excluding steroid dienone is 1.